The Morgan fingerprint density at radius 2 is 1.69 bits per heavy atom. The summed E-state index contributed by atoms with van der Waals surface area (Å²) in [5, 5.41) is 0. The number of hydrogen-bond donors (Lipinski definition) is 0. The molecule has 1 heterocycles. The lowest BCUT2D eigenvalue weighted by Gasteiger charge is -2.31. The molecule has 1 saturated heterocycles. The molecule has 136 valence electrons. The van der Waals surface area contributed by atoms with Crippen molar-refractivity contribution >= 4 is 11.6 Å². The van der Waals surface area contributed by atoms with Gasteiger partial charge in [0, 0.05) is 31.9 Å². The summed E-state index contributed by atoms with van der Waals surface area (Å²) in [6.45, 7) is 4.65. The van der Waals surface area contributed by atoms with E-state index < -0.39 is 0 Å². The van der Waals surface area contributed by atoms with Crippen molar-refractivity contribution in [3.63, 3.8) is 0 Å². The topological polar surface area (TPSA) is 32.8 Å². The first-order valence-corrected chi connectivity index (χ1v) is 9.56. The molecule has 1 aliphatic heterocycles. The van der Waals surface area contributed by atoms with Gasteiger partial charge in [0.2, 0.25) is 0 Å². The molecule has 1 saturated carbocycles. The van der Waals surface area contributed by atoms with Crippen molar-refractivity contribution in [1.29, 1.82) is 0 Å². The molecule has 4 nitrogen and oxygen atoms in total. The third kappa shape index (κ3) is 4.07. The predicted molar refractivity (Wildman–Crippen MR) is 103 cm³/mol. The molecule has 2 fully saturated rings. The Balaban J connectivity index is 1.58. The molecule has 2 aliphatic rings. The van der Waals surface area contributed by atoms with Crippen LogP contribution in [0.2, 0.25) is 0 Å². The zero-order valence-electron chi connectivity index (χ0n) is 15.1. The summed E-state index contributed by atoms with van der Waals surface area (Å²) >= 11 is 0. The highest BCUT2D eigenvalue weighted by Crippen LogP contribution is 2.32. The van der Waals surface area contributed by atoms with Gasteiger partial charge in [-0.05, 0) is 36.5 Å². The second-order valence-corrected chi connectivity index (χ2v) is 7.23. The summed E-state index contributed by atoms with van der Waals surface area (Å²) in [5.74, 6) is 0.807. The summed E-state index contributed by atoms with van der Waals surface area (Å²) in [6.07, 6.45) is 2.48. The van der Waals surface area contributed by atoms with E-state index in [2.05, 4.69) is 23.1 Å². The van der Waals surface area contributed by atoms with E-state index in [4.69, 9.17) is 4.74 Å². The van der Waals surface area contributed by atoms with Crippen LogP contribution in [0.1, 0.15) is 28.8 Å². The first-order chi connectivity index (χ1) is 12.8. The van der Waals surface area contributed by atoms with E-state index in [1.165, 1.54) is 18.4 Å². The average Bonchev–Trinajstić information content (AvgIpc) is 3.52. The van der Waals surface area contributed by atoms with Gasteiger partial charge in [0.1, 0.15) is 0 Å². The summed E-state index contributed by atoms with van der Waals surface area (Å²) < 4.78 is 5.47. The second-order valence-electron chi connectivity index (χ2n) is 7.23. The van der Waals surface area contributed by atoms with E-state index in [9.17, 15) is 4.79 Å². The van der Waals surface area contributed by atoms with Crippen LogP contribution in [0.15, 0.2) is 54.6 Å². The minimum atomic E-state index is 0.142. The van der Waals surface area contributed by atoms with Gasteiger partial charge in [-0.1, -0.05) is 42.5 Å². The number of amides is 1. The average molecular weight is 350 g/mol. The zero-order valence-corrected chi connectivity index (χ0v) is 15.1. The van der Waals surface area contributed by atoms with Crippen molar-refractivity contribution in [3.8, 4) is 0 Å². The van der Waals surface area contributed by atoms with Crippen molar-refractivity contribution in [3.05, 3.63) is 65.7 Å². The Hall–Kier alpha value is -2.33. The monoisotopic (exact) mass is 350 g/mol. The number of benzene rings is 2. The van der Waals surface area contributed by atoms with Crippen molar-refractivity contribution in [2.75, 3.05) is 37.7 Å². The minimum absolute atomic E-state index is 0.142. The van der Waals surface area contributed by atoms with Crippen LogP contribution in [0.5, 0.6) is 0 Å². The summed E-state index contributed by atoms with van der Waals surface area (Å²) in [6, 6.07) is 18.3. The van der Waals surface area contributed by atoms with Crippen LogP contribution in [0.4, 0.5) is 5.69 Å². The first-order valence-electron chi connectivity index (χ1n) is 9.56. The van der Waals surface area contributed by atoms with Crippen LogP contribution in [-0.2, 0) is 11.3 Å². The molecule has 4 rings (SSSR count). The Morgan fingerprint density at radius 1 is 1.00 bits per heavy atom. The highest BCUT2D eigenvalue weighted by atomic mass is 16.5. The third-order valence-corrected chi connectivity index (χ3v) is 5.17. The fraction of sp³-hybridized carbons (Fsp3) is 0.409. The maximum atomic E-state index is 13.4. The van der Waals surface area contributed by atoms with Crippen LogP contribution in [0.3, 0.4) is 0 Å². The van der Waals surface area contributed by atoms with Crippen LogP contribution < -0.4 is 4.90 Å². The molecule has 0 aromatic heterocycles. The number of rotatable bonds is 6. The van der Waals surface area contributed by atoms with Crippen LogP contribution >= 0.6 is 0 Å². The molecule has 0 radical (unpaired) electrons. The van der Waals surface area contributed by atoms with Crippen molar-refractivity contribution in [2.24, 2.45) is 5.92 Å². The fourth-order valence-electron chi connectivity index (χ4n) is 3.54. The molecule has 0 spiro atoms. The largest absolute Gasteiger partial charge is 0.378 e. The number of anilines is 1. The second kappa shape index (κ2) is 7.92. The molecule has 0 atom stereocenters. The molecule has 0 unspecified atom stereocenters. The lowest BCUT2D eigenvalue weighted by atomic mass is 10.1. The molecular weight excluding hydrogens is 324 g/mol. The predicted octanol–water partition coefficient (Wildman–Crippen LogP) is 3.58. The lowest BCUT2D eigenvalue weighted by molar-refractivity contribution is 0.0734. The molecule has 4 heteroatoms. The maximum Gasteiger partial charge on any atom is 0.256 e. The third-order valence-electron chi connectivity index (χ3n) is 5.17. The molecule has 1 amide bonds. The van der Waals surface area contributed by atoms with Crippen molar-refractivity contribution in [1.82, 2.24) is 4.90 Å². The molecular formula is C22H26N2O2. The van der Waals surface area contributed by atoms with Gasteiger partial charge >= 0.3 is 0 Å². The van der Waals surface area contributed by atoms with Crippen LogP contribution in [0.25, 0.3) is 0 Å². The fourth-order valence-corrected chi connectivity index (χ4v) is 3.54. The first kappa shape index (κ1) is 17.1. The van der Waals surface area contributed by atoms with E-state index in [1.807, 2.05) is 41.3 Å². The molecule has 2 aromatic carbocycles. The normalized spacial score (nSPS) is 17.2. The van der Waals surface area contributed by atoms with E-state index in [-0.39, 0.29) is 5.91 Å². The standard InChI is InChI=1S/C22H26N2O2/c25-22(20-8-4-5-9-21(20)23-12-14-26-15-13-23)24(17-19-10-11-19)16-18-6-2-1-3-7-18/h1-9,19H,10-17H2. The highest BCUT2D eigenvalue weighted by molar-refractivity contribution is 5.99. The van der Waals surface area contributed by atoms with E-state index in [1.54, 1.807) is 0 Å². The Labute approximate surface area is 155 Å². The van der Waals surface area contributed by atoms with E-state index in [0.717, 1.165) is 44.1 Å². The number of para-hydroxylation sites is 1. The Kier molecular flexibility index (Phi) is 5.21. The van der Waals surface area contributed by atoms with Crippen molar-refractivity contribution < 1.29 is 9.53 Å². The Morgan fingerprint density at radius 3 is 2.42 bits per heavy atom. The smallest absolute Gasteiger partial charge is 0.256 e. The lowest BCUT2D eigenvalue weighted by Crippen LogP contribution is -2.39. The van der Waals surface area contributed by atoms with Gasteiger partial charge in [-0.25, -0.2) is 0 Å². The summed E-state index contributed by atoms with van der Waals surface area (Å²) in [7, 11) is 0. The summed E-state index contributed by atoms with van der Waals surface area (Å²) in [4.78, 5) is 17.8. The summed E-state index contributed by atoms with van der Waals surface area (Å²) in [5.41, 5.74) is 3.03. The number of nitrogens with zero attached hydrogens (tertiary/aromatic N) is 2. The zero-order chi connectivity index (χ0) is 17.8. The van der Waals surface area contributed by atoms with Gasteiger partial charge in [0.15, 0.2) is 0 Å². The van der Waals surface area contributed by atoms with Gasteiger partial charge in [-0.15, -0.1) is 0 Å². The molecule has 0 bridgehead atoms. The Bertz CT molecular complexity index is 737. The SMILES string of the molecule is O=C(c1ccccc1N1CCOCC1)N(Cc1ccccc1)CC1CC1. The van der Waals surface area contributed by atoms with Gasteiger partial charge in [0.25, 0.3) is 5.91 Å². The van der Waals surface area contributed by atoms with Crippen molar-refractivity contribution in [2.45, 2.75) is 19.4 Å². The maximum absolute atomic E-state index is 13.4. The number of ether oxygens (including phenoxy) is 1. The van der Waals surface area contributed by atoms with Crippen LogP contribution in [0, 0.1) is 5.92 Å². The molecule has 1 aliphatic carbocycles. The van der Waals surface area contributed by atoms with E-state index in [0.29, 0.717) is 12.5 Å². The number of carbonyl (C=O) groups is 1. The van der Waals surface area contributed by atoms with Gasteiger partial charge in [0.05, 0.1) is 18.8 Å². The van der Waals surface area contributed by atoms with Gasteiger partial charge in [-0.2, -0.15) is 0 Å². The number of hydrogen-bond acceptors (Lipinski definition) is 3. The van der Waals surface area contributed by atoms with Gasteiger partial charge < -0.3 is 14.5 Å². The van der Waals surface area contributed by atoms with Gasteiger partial charge in [-0.3, -0.25) is 4.79 Å². The number of carbonyl (C=O) groups excluding carboxylic acids is 1. The minimum Gasteiger partial charge on any atom is -0.378 e. The highest BCUT2D eigenvalue weighted by Gasteiger charge is 2.29. The molecule has 26 heavy (non-hydrogen) atoms. The van der Waals surface area contributed by atoms with E-state index >= 15 is 0 Å². The molecule has 0 N–H and O–H groups in total. The van der Waals surface area contributed by atoms with Crippen LogP contribution in [-0.4, -0.2) is 43.7 Å². The quantitative estimate of drug-likeness (QED) is 0.798. The number of morpholine rings is 1. The molecule has 2 aromatic rings.